The second-order valence-electron chi connectivity index (χ2n) is 6.57. The summed E-state index contributed by atoms with van der Waals surface area (Å²) in [6.07, 6.45) is 0.712. The van der Waals surface area contributed by atoms with Crippen LogP contribution in [-0.2, 0) is 19.5 Å². The Balaban J connectivity index is 1.91. The van der Waals surface area contributed by atoms with Gasteiger partial charge in [-0.2, -0.15) is 0 Å². The minimum Gasteiger partial charge on any atom is -0.508 e. The quantitative estimate of drug-likeness (QED) is 0.637. The van der Waals surface area contributed by atoms with Crippen LogP contribution in [-0.4, -0.2) is 23.7 Å². The molecule has 0 fully saturated rings. The maximum Gasteiger partial charge on any atom is 0.336 e. The average molecular weight is 367 g/mol. The normalized spacial score (nSPS) is 11.3. The van der Waals surface area contributed by atoms with Gasteiger partial charge in [0.25, 0.3) is 0 Å². The Bertz CT molecular complexity index is 976. The Hall–Kier alpha value is -2.79. The Labute approximate surface area is 158 Å². The van der Waals surface area contributed by atoms with Crippen LogP contribution >= 0.6 is 0 Å². The zero-order valence-electron chi connectivity index (χ0n) is 16.0. The lowest BCUT2D eigenvalue weighted by molar-refractivity contribution is 0.271. The van der Waals surface area contributed by atoms with E-state index < -0.39 is 5.63 Å². The highest BCUT2D eigenvalue weighted by atomic mass is 16.5. The number of rotatable bonds is 7. The Morgan fingerprint density at radius 2 is 1.78 bits per heavy atom. The summed E-state index contributed by atoms with van der Waals surface area (Å²) in [4.78, 5) is 14.2. The minimum absolute atomic E-state index is 0.163. The summed E-state index contributed by atoms with van der Waals surface area (Å²) in [6, 6.07) is 13.0. The van der Waals surface area contributed by atoms with E-state index in [2.05, 4.69) is 11.8 Å². The van der Waals surface area contributed by atoms with Crippen molar-refractivity contribution in [1.82, 2.24) is 4.90 Å². The van der Waals surface area contributed by atoms with Gasteiger partial charge in [0.2, 0.25) is 0 Å². The molecule has 0 aliphatic rings. The van der Waals surface area contributed by atoms with Crippen LogP contribution in [0.15, 0.2) is 51.7 Å². The molecule has 0 spiro atoms. The van der Waals surface area contributed by atoms with Gasteiger partial charge in [-0.1, -0.05) is 26.0 Å². The number of hydrogen-bond acceptors (Lipinski definition) is 5. The van der Waals surface area contributed by atoms with E-state index >= 15 is 0 Å². The van der Waals surface area contributed by atoms with Crippen LogP contribution in [0.5, 0.6) is 11.5 Å². The molecular formula is C22H25NO4. The fourth-order valence-electron chi connectivity index (χ4n) is 3.23. The molecule has 0 radical (unpaired) electrons. The van der Waals surface area contributed by atoms with Crippen molar-refractivity contribution in [2.45, 2.75) is 33.4 Å². The smallest absolute Gasteiger partial charge is 0.336 e. The van der Waals surface area contributed by atoms with Crippen LogP contribution in [0, 0.1) is 0 Å². The number of aryl methyl sites for hydroxylation is 1. The van der Waals surface area contributed by atoms with Gasteiger partial charge in [0.15, 0.2) is 0 Å². The summed E-state index contributed by atoms with van der Waals surface area (Å²) >= 11 is 0. The zero-order valence-corrected chi connectivity index (χ0v) is 16.0. The van der Waals surface area contributed by atoms with E-state index in [0.29, 0.717) is 18.5 Å². The topological polar surface area (TPSA) is 62.9 Å². The summed E-state index contributed by atoms with van der Waals surface area (Å²) in [5.41, 5.74) is 2.95. The van der Waals surface area contributed by atoms with Crippen molar-refractivity contribution in [3.05, 3.63) is 69.6 Å². The van der Waals surface area contributed by atoms with Gasteiger partial charge in [0, 0.05) is 30.6 Å². The summed E-state index contributed by atoms with van der Waals surface area (Å²) in [7, 11) is 1.65. The van der Waals surface area contributed by atoms with E-state index in [4.69, 9.17) is 9.15 Å². The molecule has 0 saturated heterocycles. The standard InChI is InChI=1S/C22H25NO4/c1-4-16-10-19-17(11-22(25)27-21(19)12-20(16)24)14-23(5-2)13-15-6-8-18(26-3)9-7-15/h6-12,24H,4-5,13-14H2,1-3H3. The van der Waals surface area contributed by atoms with Gasteiger partial charge in [-0.15, -0.1) is 0 Å². The second-order valence-corrected chi connectivity index (χ2v) is 6.57. The van der Waals surface area contributed by atoms with Crippen LogP contribution < -0.4 is 10.4 Å². The minimum atomic E-state index is -0.401. The summed E-state index contributed by atoms with van der Waals surface area (Å²) in [5.74, 6) is 0.997. The first-order valence-corrected chi connectivity index (χ1v) is 9.18. The monoisotopic (exact) mass is 367 g/mol. The molecule has 5 heteroatoms. The lowest BCUT2D eigenvalue weighted by Crippen LogP contribution is -2.23. The third-order valence-corrected chi connectivity index (χ3v) is 4.82. The number of hydrogen-bond donors (Lipinski definition) is 1. The fourth-order valence-corrected chi connectivity index (χ4v) is 3.23. The zero-order chi connectivity index (χ0) is 19.4. The number of benzene rings is 2. The van der Waals surface area contributed by atoms with Crippen molar-refractivity contribution in [3.8, 4) is 11.5 Å². The Morgan fingerprint density at radius 3 is 2.41 bits per heavy atom. The van der Waals surface area contributed by atoms with Gasteiger partial charge in [-0.05, 0) is 47.9 Å². The van der Waals surface area contributed by atoms with Crippen molar-refractivity contribution < 1.29 is 14.3 Å². The molecule has 27 heavy (non-hydrogen) atoms. The highest BCUT2D eigenvalue weighted by Crippen LogP contribution is 2.27. The second kappa shape index (κ2) is 8.27. The Morgan fingerprint density at radius 1 is 1.04 bits per heavy atom. The van der Waals surface area contributed by atoms with Gasteiger partial charge >= 0.3 is 5.63 Å². The van der Waals surface area contributed by atoms with E-state index in [1.165, 1.54) is 5.56 Å². The summed E-state index contributed by atoms with van der Waals surface area (Å²) in [5, 5.41) is 10.9. The molecule has 0 aliphatic heterocycles. The third-order valence-electron chi connectivity index (χ3n) is 4.82. The predicted molar refractivity (Wildman–Crippen MR) is 106 cm³/mol. The third kappa shape index (κ3) is 4.31. The number of nitrogens with zero attached hydrogens (tertiary/aromatic N) is 1. The highest BCUT2D eigenvalue weighted by Gasteiger charge is 2.13. The number of aromatic hydroxyl groups is 1. The first-order chi connectivity index (χ1) is 13.0. The van der Waals surface area contributed by atoms with E-state index in [-0.39, 0.29) is 5.75 Å². The van der Waals surface area contributed by atoms with E-state index in [1.807, 2.05) is 37.3 Å². The van der Waals surface area contributed by atoms with E-state index in [9.17, 15) is 9.90 Å². The number of fused-ring (bicyclic) bond motifs is 1. The highest BCUT2D eigenvalue weighted by molar-refractivity contribution is 5.82. The van der Waals surface area contributed by atoms with Gasteiger partial charge in [-0.3, -0.25) is 4.90 Å². The van der Waals surface area contributed by atoms with Crippen LogP contribution in [0.25, 0.3) is 11.0 Å². The largest absolute Gasteiger partial charge is 0.508 e. The molecular weight excluding hydrogens is 342 g/mol. The SMILES string of the molecule is CCc1cc2c(CN(CC)Cc3ccc(OC)cc3)cc(=O)oc2cc1O. The molecule has 0 amide bonds. The van der Waals surface area contributed by atoms with Gasteiger partial charge in [0.05, 0.1) is 7.11 Å². The maximum absolute atomic E-state index is 12.0. The summed E-state index contributed by atoms with van der Waals surface area (Å²) < 4.78 is 10.5. The number of methoxy groups -OCH3 is 1. The molecule has 1 heterocycles. The van der Waals surface area contributed by atoms with Crippen LogP contribution in [0.3, 0.4) is 0 Å². The van der Waals surface area contributed by atoms with E-state index in [0.717, 1.165) is 35.4 Å². The van der Waals surface area contributed by atoms with Gasteiger partial charge in [0.1, 0.15) is 17.1 Å². The number of ether oxygens (including phenoxy) is 1. The van der Waals surface area contributed by atoms with Crippen molar-refractivity contribution in [2.75, 3.05) is 13.7 Å². The molecule has 0 atom stereocenters. The molecule has 0 aliphatic carbocycles. The van der Waals surface area contributed by atoms with Crippen molar-refractivity contribution >= 4 is 11.0 Å². The lowest BCUT2D eigenvalue weighted by atomic mass is 10.0. The fraction of sp³-hybridized carbons (Fsp3) is 0.318. The van der Waals surface area contributed by atoms with Crippen molar-refractivity contribution in [2.24, 2.45) is 0 Å². The maximum atomic E-state index is 12.0. The lowest BCUT2D eigenvalue weighted by Gasteiger charge is -2.21. The number of phenolic OH excluding ortho intramolecular Hbond substituents is 1. The van der Waals surface area contributed by atoms with Crippen LogP contribution in [0.2, 0.25) is 0 Å². The first-order valence-electron chi connectivity index (χ1n) is 9.18. The average Bonchev–Trinajstić information content (AvgIpc) is 2.67. The van der Waals surface area contributed by atoms with Crippen LogP contribution in [0.4, 0.5) is 0 Å². The molecule has 5 nitrogen and oxygen atoms in total. The molecule has 0 bridgehead atoms. The molecule has 0 unspecified atom stereocenters. The molecule has 1 aromatic heterocycles. The van der Waals surface area contributed by atoms with Crippen molar-refractivity contribution in [1.29, 1.82) is 0 Å². The van der Waals surface area contributed by atoms with Crippen LogP contribution in [0.1, 0.15) is 30.5 Å². The molecule has 3 rings (SSSR count). The first kappa shape index (κ1) is 19.0. The Kier molecular flexibility index (Phi) is 5.81. The molecule has 2 aromatic carbocycles. The summed E-state index contributed by atoms with van der Waals surface area (Å²) in [6.45, 7) is 6.31. The van der Waals surface area contributed by atoms with Crippen molar-refractivity contribution in [3.63, 3.8) is 0 Å². The molecule has 0 saturated carbocycles. The molecule has 1 N–H and O–H groups in total. The molecule has 142 valence electrons. The van der Waals surface area contributed by atoms with Gasteiger partial charge in [-0.25, -0.2) is 4.79 Å². The molecule has 3 aromatic rings. The predicted octanol–water partition coefficient (Wildman–Crippen LogP) is 4.09. The van der Waals surface area contributed by atoms with E-state index in [1.54, 1.807) is 19.2 Å². The number of phenols is 1. The van der Waals surface area contributed by atoms with Gasteiger partial charge < -0.3 is 14.3 Å².